The van der Waals surface area contributed by atoms with Gasteiger partial charge in [-0.2, -0.15) is 0 Å². The van der Waals surface area contributed by atoms with Crippen molar-refractivity contribution in [1.29, 1.82) is 0 Å². The van der Waals surface area contributed by atoms with Gasteiger partial charge in [-0.1, -0.05) is 12.8 Å². The van der Waals surface area contributed by atoms with E-state index in [2.05, 4.69) is 10.2 Å². The Balaban J connectivity index is 1.87. The first kappa shape index (κ1) is 18.0. The van der Waals surface area contributed by atoms with Crippen molar-refractivity contribution in [1.82, 2.24) is 14.8 Å². The summed E-state index contributed by atoms with van der Waals surface area (Å²) < 4.78 is 1.62. The van der Waals surface area contributed by atoms with Crippen molar-refractivity contribution in [3.63, 3.8) is 0 Å². The molecule has 0 radical (unpaired) electrons. The molecule has 0 spiro atoms. The highest BCUT2D eigenvalue weighted by atomic mass is 16.2. The summed E-state index contributed by atoms with van der Waals surface area (Å²) >= 11 is 0. The van der Waals surface area contributed by atoms with Crippen molar-refractivity contribution in [3.05, 3.63) is 28.7 Å². The van der Waals surface area contributed by atoms with Crippen molar-refractivity contribution in [3.8, 4) is 0 Å². The van der Waals surface area contributed by atoms with Crippen molar-refractivity contribution >= 4 is 11.6 Å². The Kier molecular flexibility index (Phi) is 5.47. The van der Waals surface area contributed by atoms with Gasteiger partial charge in [-0.25, -0.2) is 0 Å². The monoisotopic (exact) mass is 346 g/mol. The average molecular weight is 346 g/mol. The molecule has 2 fully saturated rings. The average Bonchev–Trinajstić information content (AvgIpc) is 2.91. The Morgan fingerprint density at radius 1 is 1.00 bits per heavy atom. The molecule has 1 aromatic heterocycles. The number of pyridine rings is 1. The van der Waals surface area contributed by atoms with Crippen molar-refractivity contribution in [2.75, 3.05) is 44.2 Å². The number of anilines is 1. The molecule has 2 saturated heterocycles. The summed E-state index contributed by atoms with van der Waals surface area (Å²) in [7, 11) is 0. The molecule has 1 aromatic rings. The van der Waals surface area contributed by atoms with Gasteiger partial charge in [-0.15, -0.1) is 0 Å². The third-order valence-electron chi connectivity index (χ3n) is 5.40. The zero-order valence-corrected chi connectivity index (χ0v) is 15.5. The molecule has 0 bridgehead atoms. The fourth-order valence-corrected chi connectivity index (χ4v) is 3.79. The second kappa shape index (κ2) is 7.60. The number of amides is 1. The smallest absolute Gasteiger partial charge is 0.251 e. The number of nitrogens with zero attached hydrogens (tertiary/aromatic N) is 3. The summed E-state index contributed by atoms with van der Waals surface area (Å²) in [5.41, 5.74) is 0.0470. The lowest BCUT2D eigenvalue weighted by Gasteiger charge is -2.36. The van der Waals surface area contributed by atoms with Gasteiger partial charge in [0.2, 0.25) is 5.91 Å². The first-order chi connectivity index (χ1) is 12.0. The van der Waals surface area contributed by atoms with Gasteiger partial charge in [0.05, 0.1) is 5.69 Å². The van der Waals surface area contributed by atoms with Crippen LogP contribution in [0, 0.1) is 0 Å². The van der Waals surface area contributed by atoms with E-state index in [1.807, 2.05) is 31.0 Å². The number of carbonyl (C=O) groups is 1. The molecular weight excluding hydrogens is 316 g/mol. The number of piperazine rings is 1. The molecule has 138 valence electrons. The second-order valence-corrected chi connectivity index (χ2v) is 7.60. The second-order valence-electron chi connectivity index (χ2n) is 7.60. The Morgan fingerprint density at radius 2 is 1.64 bits per heavy atom. The minimum Gasteiger partial charge on any atom is -0.370 e. The molecule has 3 rings (SSSR count). The van der Waals surface area contributed by atoms with Crippen LogP contribution in [-0.2, 0) is 10.3 Å². The Hall–Kier alpha value is -1.82. The van der Waals surface area contributed by atoms with Crippen molar-refractivity contribution < 1.29 is 4.79 Å². The number of rotatable bonds is 3. The highest BCUT2D eigenvalue weighted by Crippen LogP contribution is 2.22. The fraction of sp³-hybridized carbons (Fsp3) is 0.684. The summed E-state index contributed by atoms with van der Waals surface area (Å²) in [6.45, 7) is 8.76. The van der Waals surface area contributed by atoms with Crippen molar-refractivity contribution in [2.24, 2.45) is 0 Å². The molecule has 3 heterocycles. The normalized spacial score (nSPS) is 19.6. The van der Waals surface area contributed by atoms with E-state index in [1.165, 1.54) is 25.7 Å². The standard InChI is InChI=1S/C19H30N4O2/c1-19(2,18(25)22-13-9-20-10-14-22)23-15-16(7-8-17(23)24)21-11-5-3-4-6-12-21/h7-8,15,20H,3-6,9-14H2,1-2H3. The molecule has 1 amide bonds. The molecule has 1 N–H and O–H groups in total. The van der Waals surface area contributed by atoms with E-state index < -0.39 is 5.54 Å². The molecule has 6 heteroatoms. The summed E-state index contributed by atoms with van der Waals surface area (Å²) in [6, 6.07) is 3.50. The van der Waals surface area contributed by atoms with Crippen LogP contribution in [0.5, 0.6) is 0 Å². The van der Waals surface area contributed by atoms with Gasteiger partial charge in [0.15, 0.2) is 0 Å². The lowest BCUT2D eigenvalue weighted by Crippen LogP contribution is -2.55. The van der Waals surface area contributed by atoms with Gasteiger partial charge in [-0.3, -0.25) is 14.2 Å². The van der Waals surface area contributed by atoms with E-state index in [4.69, 9.17) is 0 Å². The van der Waals surface area contributed by atoms with Crippen LogP contribution in [0.2, 0.25) is 0 Å². The quantitative estimate of drug-likeness (QED) is 0.899. The van der Waals surface area contributed by atoms with E-state index in [0.29, 0.717) is 13.1 Å². The van der Waals surface area contributed by atoms with Crippen LogP contribution in [0.1, 0.15) is 39.5 Å². The van der Waals surface area contributed by atoms with E-state index in [9.17, 15) is 9.59 Å². The minimum absolute atomic E-state index is 0.0177. The van der Waals surface area contributed by atoms with E-state index in [-0.39, 0.29) is 11.5 Å². The van der Waals surface area contributed by atoms with Gasteiger partial charge in [0.25, 0.3) is 5.56 Å². The predicted octanol–water partition coefficient (Wildman–Crippen LogP) is 1.40. The molecule has 25 heavy (non-hydrogen) atoms. The molecule has 2 aliphatic heterocycles. The van der Waals surface area contributed by atoms with Crippen LogP contribution < -0.4 is 15.8 Å². The molecule has 0 atom stereocenters. The fourth-order valence-electron chi connectivity index (χ4n) is 3.79. The maximum Gasteiger partial charge on any atom is 0.251 e. The summed E-state index contributed by atoms with van der Waals surface area (Å²) in [5, 5.41) is 3.26. The summed E-state index contributed by atoms with van der Waals surface area (Å²) in [6.07, 6.45) is 6.78. The Bertz CT molecular complexity index is 654. The largest absolute Gasteiger partial charge is 0.370 e. The summed E-state index contributed by atoms with van der Waals surface area (Å²) in [5.74, 6) is 0.0177. The Morgan fingerprint density at radius 3 is 2.28 bits per heavy atom. The third kappa shape index (κ3) is 3.89. The van der Waals surface area contributed by atoms with Crippen LogP contribution in [0.3, 0.4) is 0 Å². The zero-order valence-electron chi connectivity index (χ0n) is 15.5. The summed E-state index contributed by atoms with van der Waals surface area (Å²) in [4.78, 5) is 29.8. The predicted molar refractivity (Wildman–Crippen MR) is 100 cm³/mol. The molecule has 0 aliphatic carbocycles. The molecular formula is C19H30N4O2. The van der Waals surface area contributed by atoms with Gasteiger partial charge >= 0.3 is 0 Å². The number of aromatic nitrogens is 1. The SMILES string of the molecule is CC(C)(C(=O)N1CCNCC1)n1cc(N2CCCCCC2)ccc1=O. The molecule has 2 aliphatic rings. The first-order valence-corrected chi connectivity index (χ1v) is 9.48. The number of hydrogen-bond acceptors (Lipinski definition) is 4. The lowest BCUT2D eigenvalue weighted by molar-refractivity contribution is -0.140. The van der Waals surface area contributed by atoms with Gasteiger partial charge in [0, 0.05) is 51.5 Å². The number of hydrogen-bond donors (Lipinski definition) is 1. The lowest BCUT2D eigenvalue weighted by atomic mass is 10.0. The number of carbonyl (C=O) groups excluding carboxylic acids is 1. The third-order valence-corrected chi connectivity index (χ3v) is 5.40. The maximum absolute atomic E-state index is 13.0. The van der Waals surface area contributed by atoms with Crippen LogP contribution in [0.25, 0.3) is 0 Å². The van der Waals surface area contributed by atoms with E-state index in [1.54, 1.807) is 10.6 Å². The van der Waals surface area contributed by atoms with Crippen LogP contribution >= 0.6 is 0 Å². The number of nitrogens with one attached hydrogen (secondary N) is 1. The van der Waals surface area contributed by atoms with Crippen LogP contribution in [-0.4, -0.2) is 54.6 Å². The van der Waals surface area contributed by atoms with Crippen molar-refractivity contribution in [2.45, 2.75) is 45.1 Å². The maximum atomic E-state index is 13.0. The molecule has 0 aromatic carbocycles. The highest BCUT2D eigenvalue weighted by Gasteiger charge is 2.35. The van der Waals surface area contributed by atoms with Gasteiger partial charge < -0.3 is 15.1 Å². The first-order valence-electron chi connectivity index (χ1n) is 9.48. The molecule has 0 unspecified atom stereocenters. The van der Waals surface area contributed by atoms with E-state index in [0.717, 1.165) is 31.9 Å². The Labute approximate surface area is 149 Å². The molecule has 6 nitrogen and oxygen atoms in total. The van der Waals surface area contributed by atoms with Gasteiger partial charge in [0.1, 0.15) is 5.54 Å². The van der Waals surface area contributed by atoms with E-state index >= 15 is 0 Å². The zero-order chi connectivity index (χ0) is 17.9. The van der Waals surface area contributed by atoms with Gasteiger partial charge in [-0.05, 0) is 32.8 Å². The molecule has 0 saturated carbocycles. The topological polar surface area (TPSA) is 57.6 Å². The van der Waals surface area contributed by atoms with Crippen LogP contribution in [0.15, 0.2) is 23.1 Å². The minimum atomic E-state index is -0.879. The van der Waals surface area contributed by atoms with Crippen LogP contribution in [0.4, 0.5) is 5.69 Å². The highest BCUT2D eigenvalue weighted by molar-refractivity contribution is 5.84.